The van der Waals surface area contributed by atoms with Crippen LogP contribution in [-0.2, 0) is 14.3 Å². The third-order valence-corrected chi connectivity index (χ3v) is 3.97. The van der Waals surface area contributed by atoms with Gasteiger partial charge in [0.1, 0.15) is 11.1 Å². The van der Waals surface area contributed by atoms with Gasteiger partial charge >= 0.3 is 5.97 Å². The maximum absolute atomic E-state index is 12.0. The molecule has 0 fully saturated rings. The molecular formula is C14H15N3O5S. The molecular weight excluding hydrogens is 322 g/mol. The van der Waals surface area contributed by atoms with Crippen molar-refractivity contribution >= 4 is 40.6 Å². The van der Waals surface area contributed by atoms with Gasteiger partial charge in [0.05, 0.1) is 12.8 Å². The minimum absolute atomic E-state index is 0.0184. The number of rotatable bonds is 6. The molecule has 2 rings (SSSR count). The van der Waals surface area contributed by atoms with Gasteiger partial charge in [-0.2, -0.15) is 0 Å². The topological polar surface area (TPSA) is 111 Å². The molecule has 0 aliphatic heterocycles. The Morgan fingerprint density at radius 3 is 2.57 bits per heavy atom. The number of nitrogens with one attached hydrogen (secondary N) is 2. The second-order valence-corrected chi connectivity index (χ2v) is 5.48. The third kappa shape index (κ3) is 4.39. The molecule has 0 bridgehead atoms. The van der Waals surface area contributed by atoms with Crippen molar-refractivity contribution in [1.29, 1.82) is 0 Å². The van der Waals surface area contributed by atoms with Crippen molar-refractivity contribution in [2.75, 3.05) is 17.7 Å². The van der Waals surface area contributed by atoms with Crippen LogP contribution in [0.3, 0.4) is 0 Å². The number of esters is 1. The highest BCUT2D eigenvalue weighted by molar-refractivity contribution is 7.12. The Morgan fingerprint density at radius 1 is 1.26 bits per heavy atom. The van der Waals surface area contributed by atoms with E-state index in [1.165, 1.54) is 30.8 Å². The van der Waals surface area contributed by atoms with Crippen LogP contribution in [-0.4, -0.2) is 30.1 Å². The Hall–Kier alpha value is -2.68. The molecule has 0 aromatic carbocycles. The molecule has 2 amide bonds. The summed E-state index contributed by atoms with van der Waals surface area (Å²) in [6.07, 6.45) is 1.28. The summed E-state index contributed by atoms with van der Waals surface area (Å²) >= 11 is 1.19. The standard InChI is InChI=1S/C14H15N3O5S/c1-8-7-23-13(14(20)21-2)12(8)16-11(19)4-3-10(18)15-9-5-6-22-17-9/h5-7H,3-4H2,1-2H3,(H,16,19)(H,15,17,18). The summed E-state index contributed by atoms with van der Waals surface area (Å²) in [7, 11) is 1.28. The average Bonchev–Trinajstić information content (AvgIpc) is 3.15. The normalized spacial score (nSPS) is 10.2. The van der Waals surface area contributed by atoms with E-state index in [0.717, 1.165) is 5.56 Å². The quantitative estimate of drug-likeness (QED) is 0.782. The molecule has 122 valence electrons. The molecule has 2 aromatic heterocycles. The van der Waals surface area contributed by atoms with E-state index in [0.29, 0.717) is 10.6 Å². The number of thiophene rings is 1. The SMILES string of the molecule is COC(=O)c1scc(C)c1NC(=O)CCC(=O)Nc1ccon1. The fraction of sp³-hybridized carbons (Fsp3) is 0.286. The maximum Gasteiger partial charge on any atom is 0.350 e. The molecule has 2 heterocycles. The summed E-state index contributed by atoms with van der Waals surface area (Å²) in [4.78, 5) is 35.6. The highest BCUT2D eigenvalue weighted by atomic mass is 32.1. The lowest BCUT2D eigenvalue weighted by Crippen LogP contribution is -2.18. The molecule has 0 saturated carbocycles. The number of methoxy groups -OCH3 is 1. The molecule has 9 heteroatoms. The smallest absolute Gasteiger partial charge is 0.350 e. The minimum Gasteiger partial charge on any atom is -0.465 e. The van der Waals surface area contributed by atoms with Gasteiger partial charge in [0.15, 0.2) is 5.82 Å². The molecule has 0 aliphatic carbocycles. The lowest BCUT2D eigenvalue weighted by molar-refractivity contribution is -0.121. The zero-order chi connectivity index (χ0) is 16.8. The zero-order valence-electron chi connectivity index (χ0n) is 12.5. The lowest BCUT2D eigenvalue weighted by Gasteiger charge is -2.07. The minimum atomic E-state index is -0.512. The van der Waals surface area contributed by atoms with E-state index in [1.54, 1.807) is 12.3 Å². The summed E-state index contributed by atoms with van der Waals surface area (Å²) in [5.74, 6) is -0.949. The van der Waals surface area contributed by atoms with Crippen molar-refractivity contribution in [3.8, 4) is 0 Å². The van der Waals surface area contributed by atoms with E-state index < -0.39 is 5.97 Å². The van der Waals surface area contributed by atoms with E-state index in [4.69, 9.17) is 0 Å². The summed E-state index contributed by atoms with van der Waals surface area (Å²) < 4.78 is 9.25. The third-order valence-electron chi connectivity index (χ3n) is 2.89. The maximum atomic E-state index is 12.0. The number of nitrogens with zero attached hydrogens (tertiary/aromatic N) is 1. The highest BCUT2D eigenvalue weighted by Crippen LogP contribution is 2.28. The molecule has 2 N–H and O–H groups in total. The predicted octanol–water partition coefficient (Wildman–Crippen LogP) is 2.19. The van der Waals surface area contributed by atoms with E-state index in [1.807, 2.05) is 0 Å². The molecule has 0 atom stereocenters. The average molecular weight is 337 g/mol. The molecule has 23 heavy (non-hydrogen) atoms. The van der Waals surface area contributed by atoms with Gasteiger partial charge in [-0.05, 0) is 17.9 Å². The Balaban J connectivity index is 1.89. The molecule has 2 aromatic rings. The Kier molecular flexibility index (Phi) is 5.47. The van der Waals surface area contributed by atoms with Crippen LogP contribution in [0.4, 0.5) is 11.5 Å². The second kappa shape index (κ2) is 7.54. The monoisotopic (exact) mass is 337 g/mol. The first-order valence-corrected chi connectivity index (χ1v) is 7.55. The number of carbonyl (C=O) groups is 3. The van der Waals surface area contributed by atoms with Crippen molar-refractivity contribution in [3.05, 3.63) is 28.2 Å². The van der Waals surface area contributed by atoms with Crippen LogP contribution in [0.5, 0.6) is 0 Å². The second-order valence-electron chi connectivity index (χ2n) is 4.60. The van der Waals surface area contributed by atoms with Crippen LogP contribution in [0, 0.1) is 6.92 Å². The summed E-state index contributed by atoms with van der Waals surface area (Å²) in [5, 5.41) is 10.4. The molecule has 0 unspecified atom stereocenters. The van der Waals surface area contributed by atoms with Crippen molar-refractivity contribution in [2.45, 2.75) is 19.8 Å². The number of anilines is 2. The van der Waals surface area contributed by atoms with E-state index in [9.17, 15) is 14.4 Å². The van der Waals surface area contributed by atoms with Gasteiger partial charge in [0.2, 0.25) is 11.8 Å². The van der Waals surface area contributed by atoms with Crippen molar-refractivity contribution in [1.82, 2.24) is 5.16 Å². The van der Waals surface area contributed by atoms with Crippen molar-refractivity contribution < 1.29 is 23.6 Å². The van der Waals surface area contributed by atoms with Crippen LogP contribution >= 0.6 is 11.3 Å². The summed E-state index contributed by atoms with van der Waals surface area (Å²) in [5.41, 5.74) is 1.18. The lowest BCUT2D eigenvalue weighted by atomic mass is 10.2. The first-order chi connectivity index (χ1) is 11.0. The van der Waals surface area contributed by atoms with Gasteiger partial charge in [-0.15, -0.1) is 11.3 Å². The van der Waals surface area contributed by atoms with Gasteiger partial charge in [-0.3, -0.25) is 9.59 Å². The number of aryl methyl sites for hydroxylation is 1. The summed E-state index contributed by atoms with van der Waals surface area (Å²) in [6.45, 7) is 1.77. The van der Waals surface area contributed by atoms with Gasteiger partial charge in [0.25, 0.3) is 0 Å². The van der Waals surface area contributed by atoms with Crippen molar-refractivity contribution in [2.24, 2.45) is 0 Å². The van der Waals surface area contributed by atoms with E-state index in [2.05, 4.69) is 25.1 Å². The van der Waals surface area contributed by atoms with Crippen LogP contribution in [0.15, 0.2) is 22.2 Å². The van der Waals surface area contributed by atoms with Gasteiger partial charge in [-0.1, -0.05) is 5.16 Å². The molecule has 0 spiro atoms. The van der Waals surface area contributed by atoms with Gasteiger partial charge < -0.3 is 19.9 Å². The van der Waals surface area contributed by atoms with Crippen molar-refractivity contribution in [3.63, 3.8) is 0 Å². The van der Waals surface area contributed by atoms with Crippen LogP contribution < -0.4 is 10.6 Å². The summed E-state index contributed by atoms with van der Waals surface area (Å²) in [6, 6.07) is 1.50. The largest absolute Gasteiger partial charge is 0.465 e. The number of ether oxygens (including phenoxy) is 1. The molecule has 0 radical (unpaired) electrons. The fourth-order valence-electron chi connectivity index (χ4n) is 1.75. The number of hydrogen-bond acceptors (Lipinski definition) is 7. The van der Waals surface area contributed by atoms with Crippen LogP contribution in [0.25, 0.3) is 0 Å². The highest BCUT2D eigenvalue weighted by Gasteiger charge is 2.19. The number of hydrogen-bond donors (Lipinski definition) is 2. The Morgan fingerprint density at radius 2 is 1.96 bits per heavy atom. The van der Waals surface area contributed by atoms with Gasteiger partial charge in [0, 0.05) is 18.9 Å². The first kappa shape index (κ1) is 16.7. The zero-order valence-corrected chi connectivity index (χ0v) is 13.4. The molecule has 8 nitrogen and oxygen atoms in total. The number of amides is 2. The van der Waals surface area contributed by atoms with Crippen LogP contribution in [0.2, 0.25) is 0 Å². The molecule has 0 aliphatic rings. The number of carbonyl (C=O) groups excluding carboxylic acids is 3. The Labute approximate surface area is 135 Å². The number of aromatic nitrogens is 1. The van der Waals surface area contributed by atoms with E-state index >= 15 is 0 Å². The Bertz CT molecular complexity index is 708. The fourth-order valence-corrected chi connectivity index (χ4v) is 2.68. The van der Waals surface area contributed by atoms with E-state index in [-0.39, 0.29) is 30.5 Å². The first-order valence-electron chi connectivity index (χ1n) is 6.67. The molecule has 0 saturated heterocycles. The predicted molar refractivity (Wildman–Crippen MR) is 83.4 cm³/mol. The van der Waals surface area contributed by atoms with Crippen LogP contribution in [0.1, 0.15) is 28.1 Å². The van der Waals surface area contributed by atoms with Gasteiger partial charge in [-0.25, -0.2) is 4.79 Å².